The maximum Gasteiger partial charge on any atom is 0.484 e. The molecule has 0 bridgehead atoms. The first kappa shape index (κ1) is 21.1. The van der Waals surface area contributed by atoms with E-state index in [9.17, 15) is 26.4 Å². The Kier molecular flexibility index (Phi) is 5.64. The third kappa shape index (κ3) is 5.26. The van der Waals surface area contributed by atoms with Crippen LogP contribution in [-0.4, -0.2) is 40.6 Å². The molecule has 0 saturated heterocycles. The zero-order chi connectivity index (χ0) is 21.9. The van der Waals surface area contributed by atoms with Gasteiger partial charge in [-0.25, -0.2) is 18.1 Å². The Bertz CT molecular complexity index is 1170. The molecule has 0 radical (unpaired) electrons. The van der Waals surface area contributed by atoms with Crippen molar-refractivity contribution in [2.45, 2.75) is 18.1 Å². The molecular formula is C17H13F3N6O3S. The molecule has 0 aliphatic carbocycles. The highest BCUT2D eigenvalue weighted by Gasteiger charge is 2.30. The molecule has 2 aromatic heterocycles. The Morgan fingerprint density at radius 1 is 1.00 bits per heavy atom. The van der Waals surface area contributed by atoms with Gasteiger partial charge in [-0.3, -0.25) is 15.1 Å². The molecular weight excluding hydrogens is 425 g/mol. The molecule has 0 aliphatic heterocycles. The predicted molar refractivity (Wildman–Crippen MR) is 98.6 cm³/mol. The van der Waals surface area contributed by atoms with E-state index in [4.69, 9.17) is 0 Å². The number of aromatic nitrogens is 4. The molecule has 0 fully saturated rings. The SMILES string of the molecule is Cc1nc(NS(=O)(=O)c2ccc(C(=O)NC(F)(F)F)cc2)nc(-c2ccccn2)n1. The minimum Gasteiger partial charge on any atom is -0.269 e. The van der Waals surface area contributed by atoms with E-state index in [2.05, 4.69) is 24.7 Å². The van der Waals surface area contributed by atoms with Crippen LogP contribution in [-0.2, 0) is 10.0 Å². The van der Waals surface area contributed by atoms with Crippen LogP contribution >= 0.6 is 0 Å². The Balaban J connectivity index is 1.83. The monoisotopic (exact) mass is 438 g/mol. The summed E-state index contributed by atoms with van der Waals surface area (Å²) in [5, 5.41) is 0.825. The number of anilines is 1. The number of hydrogen-bond acceptors (Lipinski definition) is 7. The van der Waals surface area contributed by atoms with Crippen molar-refractivity contribution in [3.8, 4) is 11.5 Å². The van der Waals surface area contributed by atoms with Gasteiger partial charge in [-0.15, -0.1) is 0 Å². The number of carbonyl (C=O) groups excluding carboxylic acids is 1. The molecule has 0 aliphatic rings. The van der Waals surface area contributed by atoms with Gasteiger partial charge in [0.05, 0.1) is 4.90 Å². The zero-order valence-electron chi connectivity index (χ0n) is 15.2. The normalized spacial score (nSPS) is 11.7. The number of aryl methyl sites for hydroxylation is 1. The second-order valence-electron chi connectivity index (χ2n) is 5.83. The second kappa shape index (κ2) is 8.02. The smallest absolute Gasteiger partial charge is 0.269 e. The van der Waals surface area contributed by atoms with Crippen molar-refractivity contribution < 1.29 is 26.4 Å². The number of sulfonamides is 1. The lowest BCUT2D eigenvalue weighted by Gasteiger charge is -2.10. The number of hydrogen-bond donors (Lipinski definition) is 2. The molecule has 2 heterocycles. The molecule has 0 atom stereocenters. The van der Waals surface area contributed by atoms with Crippen LogP contribution in [0.3, 0.4) is 0 Å². The van der Waals surface area contributed by atoms with Crippen molar-refractivity contribution in [3.05, 3.63) is 60.0 Å². The van der Waals surface area contributed by atoms with E-state index in [1.54, 1.807) is 25.1 Å². The average Bonchev–Trinajstić information content (AvgIpc) is 2.66. The molecule has 9 nitrogen and oxygen atoms in total. The van der Waals surface area contributed by atoms with Gasteiger partial charge < -0.3 is 0 Å². The summed E-state index contributed by atoms with van der Waals surface area (Å²) in [4.78, 5) is 27.4. The van der Waals surface area contributed by atoms with Gasteiger partial charge in [0.15, 0.2) is 5.82 Å². The van der Waals surface area contributed by atoms with Gasteiger partial charge in [0.2, 0.25) is 5.95 Å². The number of carbonyl (C=O) groups is 1. The number of nitrogens with zero attached hydrogens (tertiary/aromatic N) is 4. The number of amides is 1. The van der Waals surface area contributed by atoms with Crippen molar-refractivity contribution in [1.82, 2.24) is 25.3 Å². The summed E-state index contributed by atoms with van der Waals surface area (Å²) in [5.41, 5.74) is 0.0446. The van der Waals surface area contributed by atoms with E-state index in [0.29, 0.717) is 5.69 Å². The van der Waals surface area contributed by atoms with Gasteiger partial charge in [0, 0.05) is 11.8 Å². The molecule has 3 rings (SSSR count). The van der Waals surface area contributed by atoms with Gasteiger partial charge in [0.25, 0.3) is 15.9 Å². The average molecular weight is 438 g/mol. The highest BCUT2D eigenvalue weighted by atomic mass is 32.2. The molecule has 1 amide bonds. The van der Waals surface area contributed by atoms with E-state index in [-0.39, 0.29) is 28.1 Å². The number of halogens is 3. The van der Waals surface area contributed by atoms with Crippen molar-refractivity contribution in [3.63, 3.8) is 0 Å². The molecule has 30 heavy (non-hydrogen) atoms. The quantitative estimate of drug-likeness (QED) is 0.585. The zero-order valence-corrected chi connectivity index (χ0v) is 16.0. The summed E-state index contributed by atoms with van der Waals surface area (Å²) in [7, 11) is -4.18. The molecule has 13 heteroatoms. The summed E-state index contributed by atoms with van der Waals surface area (Å²) >= 11 is 0. The van der Waals surface area contributed by atoms with Crippen molar-refractivity contribution >= 4 is 21.9 Å². The summed E-state index contributed by atoms with van der Waals surface area (Å²) in [6.45, 7) is 1.54. The number of alkyl halides is 3. The van der Waals surface area contributed by atoms with E-state index < -0.39 is 22.2 Å². The summed E-state index contributed by atoms with van der Waals surface area (Å²) in [6.07, 6.45) is -3.37. The maximum absolute atomic E-state index is 12.6. The highest BCUT2D eigenvalue weighted by Crippen LogP contribution is 2.18. The van der Waals surface area contributed by atoms with Crippen LogP contribution in [0.15, 0.2) is 53.6 Å². The topological polar surface area (TPSA) is 127 Å². The Morgan fingerprint density at radius 3 is 2.30 bits per heavy atom. The fourth-order valence-electron chi connectivity index (χ4n) is 2.30. The maximum atomic E-state index is 12.6. The van der Waals surface area contributed by atoms with Gasteiger partial charge >= 0.3 is 6.30 Å². The Morgan fingerprint density at radius 2 is 1.70 bits per heavy atom. The van der Waals surface area contributed by atoms with E-state index in [1.807, 2.05) is 0 Å². The fourth-order valence-corrected chi connectivity index (χ4v) is 3.25. The van der Waals surface area contributed by atoms with Crippen molar-refractivity contribution in [2.24, 2.45) is 0 Å². The van der Waals surface area contributed by atoms with Gasteiger partial charge in [-0.1, -0.05) is 6.07 Å². The molecule has 0 unspecified atom stereocenters. The van der Waals surface area contributed by atoms with Crippen LogP contribution in [0.2, 0.25) is 0 Å². The molecule has 0 spiro atoms. The van der Waals surface area contributed by atoms with Crippen LogP contribution in [0.4, 0.5) is 19.1 Å². The van der Waals surface area contributed by atoms with E-state index in [1.165, 1.54) is 6.20 Å². The summed E-state index contributed by atoms with van der Waals surface area (Å²) in [6, 6.07) is 8.92. The first-order chi connectivity index (χ1) is 14.0. The predicted octanol–water partition coefficient (Wildman–Crippen LogP) is 2.29. The lowest BCUT2D eigenvalue weighted by atomic mass is 10.2. The third-order valence-electron chi connectivity index (χ3n) is 3.55. The number of benzene rings is 1. The summed E-state index contributed by atoms with van der Waals surface area (Å²) < 4.78 is 64.0. The molecule has 156 valence electrons. The van der Waals surface area contributed by atoms with Gasteiger partial charge in [-0.05, 0) is 43.3 Å². The largest absolute Gasteiger partial charge is 0.484 e. The minimum absolute atomic E-state index is 0.153. The second-order valence-corrected chi connectivity index (χ2v) is 7.51. The first-order valence-electron chi connectivity index (χ1n) is 8.20. The number of rotatable bonds is 5. The number of nitrogens with one attached hydrogen (secondary N) is 2. The van der Waals surface area contributed by atoms with Crippen LogP contribution in [0, 0.1) is 6.92 Å². The lowest BCUT2D eigenvalue weighted by Crippen LogP contribution is -2.37. The Labute approximate surface area is 168 Å². The molecule has 2 N–H and O–H groups in total. The van der Waals surface area contributed by atoms with E-state index in [0.717, 1.165) is 29.6 Å². The molecule has 0 saturated carbocycles. The third-order valence-corrected chi connectivity index (χ3v) is 4.89. The van der Waals surface area contributed by atoms with Gasteiger partial charge in [-0.2, -0.15) is 23.1 Å². The van der Waals surface area contributed by atoms with Crippen LogP contribution in [0.25, 0.3) is 11.5 Å². The van der Waals surface area contributed by atoms with Gasteiger partial charge in [0.1, 0.15) is 11.5 Å². The van der Waals surface area contributed by atoms with Crippen LogP contribution in [0.1, 0.15) is 16.2 Å². The van der Waals surface area contributed by atoms with Crippen molar-refractivity contribution in [1.29, 1.82) is 0 Å². The highest BCUT2D eigenvalue weighted by molar-refractivity contribution is 7.92. The van der Waals surface area contributed by atoms with Crippen LogP contribution in [0.5, 0.6) is 0 Å². The lowest BCUT2D eigenvalue weighted by molar-refractivity contribution is -0.146. The van der Waals surface area contributed by atoms with Crippen molar-refractivity contribution in [2.75, 3.05) is 4.72 Å². The van der Waals surface area contributed by atoms with Crippen LogP contribution < -0.4 is 10.0 Å². The fraction of sp³-hybridized carbons (Fsp3) is 0.118. The first-order valence-corrected chi connectivity index (χ1v) is 9.68. The Hall–Kier alpha value is -3.61. The number of pyridine rings is 1. The molecule has 1 aromatic carbocycles. The van der Waals surface area contributed by atoms with E-state index >= 15 is 0 Å². The standard InChI is InChI=1S/C17H13F3N6O3S/c1-10-22-14(13-4-2-3-9-21-13)24-16(23-10)26-30(28,29)12-7-5-11(6-8-12)15(27)25-17(18,19)20/h2-9H,1H3,(H,25,27)(H,22,23,24,26). The summed E-state index contributed by atoms with van der Waals surface area (Å²) in [5.74, 6) is -1.28. The molecule has 3 aromatic rings. The minimum atomic E-state index is -4.90.